The lowest BCUT2D eigenvalue weighted by molar-refractivity contribution is -0.150. The zero-order valence-corrected chi connectivity index (χ0v) is 7.41. The standard InChI is InChI=1S/C9H13NO2/c1-5(2)10-8(11)4-6-3-7(6)9(10)12/h5-7H,3-4H2,1-2H3. The van der Waals surface area contributed by atoms with Crippen LogP contribution in [0.5, 0.6) is 0 Å². The molecule has 0 aromatic heterocycles. The molecule has 0 radical (unpaired) electrons. The highest BCUT2D eigenvalue weighted by Crippen LogP contribution is 2.46. The van der Waals surface area contributed by atoms with Gasteiger partial charge in [0.2, 0.25) is 11.8 Å². The quantitative estimate of drug-likeness (QED) is 0.541. The fraction of sp³-hybridized carbons (Fsp3) is 0.778. The van der Waals surface area contributed by atoms with Crippen LogP contribution in [-0.2, 0) is 9.59 Å². The second kappa shape index (κ2) is 2.31. The molecule has 0 N–H and O–H groups in total. The Labute approximate surface area is 71.7 Å². The molecule has 12 heavy (non-hydrogen) atoms. The van der Waals surface area contributed by atoms with Crippen LogP contribution in [0.3, 0.4) is 0 Å². The molecule has 3 nitrogen and oxygen atoms in total. The van der Waals surface area contributed by atoms with Crippen LogP contribution in [-0.4, -0.2) is 22.8 Å². The molecule has 2 rings (SSSR count). The number of likely N-dealkylation sites (tertiary alicyclic amines) is 1. The van der Waals surface area contributed by atoms with Crippen LogP contribution in [0, 0.1) is 11.8 Å². The maximum Gasteiger partial charge on any atom is 0.232 e. The zero-order chi connectivity index (χ0) is 8.88. The van der Waals surface area contributed by atoms with Crippen LogP contribution in [0.25, 0.3) is 0 Å². The van der Waals surface area contributed by atoms with Crippen LogP contribution >= 0.6 is 0 Å². The minimum Gasteiger partial charge on any atom is -0.280 e. The Hall–Kier alpha value is -0.860. The Bertz CT molecular complexity index is 247. The minimum absolute atomic E-state index is 0.0220. The predicted octanol–water partition coefficient (Wildman–Crippen LogP) is 0.790. The highest BCUT2D eigenvalue weighted by atomic mass is 16.2. The number of carbonyl (C=O) groups is 2. The molecular formula is C9H13NO2. The van der Waals surface area contributed by atoms with E-state index in [-0.39, 0.29) is 23.8 Å². The van der Waals surface area contributed by atoms with Crippen molar-refractivity contribution in [2.45, 2.75) is 32.7 Å². The van der Waals surface area contributed by atoms with Crippen LogP contribution < -0.4 is 0 Å². The first-order valence-corrected chi connectivity index (χ1v) is 4.47. The molecule has 2 aliphatic rings. The van der Waals surface area contributed by atoms with Gasteiger partial charge < -0.3 is 0 Å². The zero-order valence-electron chi connectivity index (χ0n) is 7.41. The summed E-state index contributed by atoms with van der Waals surface area (Å²) in [7, 11) is 0. The summed E-state index contributed by atoms with van der Waals surface area (Å²) >= 11 is 0. The lowest BCUT2D eigenvalue weighted by Gasteiger charge is -2.27. The van der Waals surface area contributed by atoms with Gasteiger partial charge in [-0.2, -0.15) is 0 Å². The number of piperidine rings is 1. The summed E-state index contributed by atoms with van der Waals surface area (Å²) in [6.07, 6.45) is 1.53. The molecule has 0 spiro atoms. The van der Waals surface area contributed by atoms with Gasteiger partial charge in [0.15, 0.2) is 0 Å². The van der Waals surface area contributed by atoms with Crippen molar-refractivity contribution in [2.75, 3.05) is 0 Å². The number of hydrogen-bond donors (Lipinski definition) is 0. The highest BCUT2D eigenvalue weighted by molar-refractivity contribution is 6.01. The molecule has 0 aromatic rings. The van der Waals surface area contributed by atoms with Crippen molar-refractivity contribution in [3.63, 3.8) is 0 Å². The Morgan fingerprint density at radius 3 is 2.67 bits per heavy atom. The van der Waals surface area contributed by atoms with Gasteiger partial charge >= 0.3 is 0 Å². The van der Waals surface area contributed by atoms with Gasteiger partial charge in [0.1, 0.15) is 0 Å². The molecule has 2 unspecified atom stereocenters. The number of hydrogen-bond acceptors (Lipinski definition) is 2. The van der Waals surface area contributed by atoms with Crippen molar-refractivity contribution in [2.24, 2.45) is 11.8 Å². The molecule has 1 heterocycles. The van der Waals surface area contributed by atoms with Gasteiger partial charge in [-0.05, 0) is 26.2 Å². The molecule has 2 fully saturated rings. The van der Waals surface area contributed by atoms with Gasteiger partial charge in [0.05, 0.1) is 0 Å². The van der Waals surface area contributed by atoms with Gasteiger partial charge in [-0.15, -0.1) is 0 Å². The number of amides is 2. The first-order valence-electron chi connectivity index (χ1n) is 4.47. The van der Waals surface area contributed by atoms with Gasteiger partial charge in [-0.1, -0.05) is 0 Å². The van der Waals surface area contributed by atoms with E-state index in [4.69, 9.17) is 0 Å². The topological polar surface area (TPSA) is 37.4 Å². The summed E-state index contributed by atoms with van der Waals surface area (Å²) in [6.45, 7) is 3.77. The summed E-state index contributed by atoms with van der Waals surface area (Å²) in [4.78, 5) is 24.3. The summed E-state index contributed by atoms with van der Waals surface area (Å²) in [5.74, 6) is 0.658. The Morgan fingerprint density at radius 1 is 1.42 bits per heavy atom. The van der Waals surface area contributed by atoms with Crippen molar-refractivity contribution < 1.29 is 9.59 Å². The second-order valence-electron chi connectivity index (χ2n) is 4.00. The molecule has 3 heteroatoms. The average Bonchev–Trinajstić information content (AvgIpc) is 2.65. The summed E-state index contributed by atoms with van der Waals surface area (Å²) in [6, 6.07) is 0.0338. The van der Waals surface area contributed by atoms with E-state index in [1.807, 2.05) is 13.8 Å². The van der Waals surface area contributed by atoms with E-state index in [2.05, 4.69) is 0 Å². The molecule has 2 amide bonds. The van der Waals surface area contributed by atoms with Crippen LogP contribution in [0.4, 0.5) is 0 Å². The van der Waals surface area contributed by atoms with Gasteiger partial charge in [-0.3, -0.25) is 14.5 Å². The maximum atomic E-state index is 11.5. The largest absolute Gasteiger partial charge is 0.280 e. The molecular weight excluding hydrogens is 154 g/mol. The minimum atomic E-state index is 0.0220. The second-order valence-corrected chi connectivity index (χ2v) is 4.00. The van der Waals surface area contributed by atoms with E-state index in [9.17, 15) is 9.59 Å². The molecule has 0 bridgehead atoms. The number of carbonyl (C=O) groups excluding carboxylic acids is 2. The predicted molar refractivity (Wildman–Crippen MR) is 43.2 cm³/mol. The SMILES string of the molecule is CC(C)N1C(=O)CC2CC2C1=O. The smallest absolute Gasteiger partial charge is 0.232 e. The molecule has 66 valence electrons. The van der Waals surface area contributed by atoms with Gasteiger partial charge in [0.25, 0.3) is 0 Å². The molecule has 1 aliphatic carbocycles. The highest BCUT2D eigenvalue weighted by Gasteiger charge is 2.52. The number of imide groups is 1. The number of nitrogens with zero attached hydrogens (tertiary/aromatic N) is 1. The van der Waals surface area contributed by atoms with E-state index in [1.54, 1.807) is 0 Å². The van der Waals surface area contributed by atoms with Crippen molar-refractivity contribution in [1.82, 2.24) is 4.90 Å². The van der Waals surface area contributed by atoms with Gasteiger partial charge in [-0.25, -0.2) is 0 Å². The first kappa shape index (κ1) is 7.77. The molecule has 1 saturated carbocycles. The fourth-order valence-corrected chi connectivity index (χ4v) is 1.94. The van der Waals surface area contributed by atoms with E-state index in [0.29, 0.717) is 12.3 Å². The van der Waals surface area contributed by atoms with Crippen LogP contribution in [0.1, 0.15) is 26.7 Å². The third-order valence-electron chi connectivity index (χ3n) is 2.70. The number of fused-ring (bicyclic) bond motifs is 1. The fourth-order valence-electron chi connectivity index (χ4n) is 1.94. The van der Waals surface area contributed by atoms with E-state index < -0.39 is 0 Å². The number of rotatable bonds is 1. The Morgan fingerprint density at radius 2 is 2.08 bits per heavy atom. The van der Waals surface area contributed by atoms with Crippen LogP contribution in [0.2, 0.25) is 0 Å². The van der Waals surface area contributed by atoms with E-state index >= 15 is 0 Å². The van der Waals surface area contributed by atoms with E-state index in [0.717, 1.165) is 6.42 Å². The lowest BCUT2D eigenvalue weighted by Crippen LogP contribution is -2.45. The maximum absolute atomic E-state index is 11.5. The third-order valence-corrected chi connectivity index (χ3v) is 2.70. The summed E-state index contributed by atoms with van der Waals surface area (Å²) in [5, 5.41) is 0. The molecule has 1 saturated heterocycles. The summed E-state index contributed by atoms with van der Waals surface area (Å²) in [5.41, 5.74) is 0. The van der Waals surface area contributed by atoms with Crippen molar-refractivity contribution in [1.29, 1.82) is 0 Å². The normalized spacial score (nSPS) is 34.1. The van der Waals surface area contributed by atoms with Crippen LogP contribution in [0.15, 0.2) is 0 Å². The Kier molecular flexibility index (Phi) is 1.50. The Balaban J connectivity index is 2.19. The van der Waals surface area contributed by atoms with Crippen molar-refractivity contribution in [3.05, 3.63) is 0 Å². The van der Waals surface area contributed by atoms with Gasteiger partial charge in [0, 0.05) is 18.4 Å². The lowest BCUT2D eigenvalue weighted by atomic mass is 10.1. The average molecular weight is 167 g/mol. The molecule has 1 aliphatic heterocycles. The first-order chi connectivity index (χ1) is 5.61. The molecule has 2 atom stereocenters. The third kappa shape index (κ3) is 0.958. The van der Waals surface area contributed by atoms with E-state index in [1.165, 1.54) is 4.90 Å². The van der Waals surface area contributed by atoms with Crippen molar-refractivity contribution in [3.8, 4) is 0 Å². The van der Waals surface area contributed by atoms with Crippen molar-refractivity contribution >= 4 is 11.8 Å². The summed E-state index contributed by atoms with van der Waals surface area (Å²) < 4.78 is 0. The monoisotopic (exact) mass is 167 g/mol. The molecule has 0 aromatic carbocycles.